The van der Waals surface area contributed by atoms with E-state index in [-0.39, 0.29) is 90.4 Å². The van der Waals surface area contributed by atoms with Crippen LogP contribution in [0.5, 0.6) is 5.75 Å². The number of Topliss-reactive ketones (excluding diaryl/α,β-unsaturated/α-hetero) is 7. The number of ether oxygens (including phenoxy) is 2. The van der Waals surface area contributed by atoms with E-state index in [1.165, 1.54) is 72.8 Å². The van der Waals surface area contributed by atoms with E-state index in [1.54, 1.807) is 126 Å². The van der Waals surface area contributed by atoms with E-state index in [9.17, 15) is 79.5 Å². The maximum Gasteiger partial charge on any atom is 0.411 e. The zero-order valence-corrected chi connectivity index (χ0v) is 81.9. The highest BCUT2D eigenvalue weighted by Crippen LogP contribution is 2.29. The van der Waals surface area contributed by atoms with Crippen LogP contribution in [0, 0.1) is 12.8 Å². The van der Waals surface area contributed by atoms with Crippen LogP contribution in [0.25, 0.3) is 0 Å². The first kappa shape index (κ1) is 134. The number of aliphatic hydroxyl groups is 1. The van der Waals surface area contributed by atoms with Crippen molar-refractivity contribution in [3.05, 3.63) is 245 Å². The standard InChI is InChI=1S/C10H12O.C9H9NO2.C9H11NO2.C9H9NO.C9H10O.C8H11NO2S.C8H9NO2.C5H9NO2.C5H10O.C4H8O2.C4H8O.C4H10.C4H8.C3H6O.C3H8.C2H6O2S.C2H6.CH4/c1-9(11)7-8-10-5-3-2-4-6-10;1-10-8(11)6-4-2-3-5-7(6)9(10)12;1-10-9(12)6-7-2-4-8(11)5-3-7;1-10-6-7-4-2-3-5-8(7)9(10)11;1-8(10)7-9-5-3-2-4-6-9;1-7-3-5-8(6-4-7)12(10,11)9-2;1-11-8(10)9-7-5-3-2-4-6-7;1-4(7)3-6-5(2)8;1-3-4-5(2)6;1-4(5)3-6-2;1-3-4(2)5;1-4(2)3;1-3-4-2;1-3(2)4;1-3-2;1-5(2,3)4;1-2;/h2-6H,7-8H2,1H3;2-5,8,11H,1H3;2-5,11H,6H2,1H3,(H,10,12);2-5H,6H2,1H3;2-6H,7H2,1H3;3-6,9H,1-2H3;2-6H,1H3,(H,9,10);3H2,1-2H3,(H,6,8);3-4H2,1-2H3;3H2,1-2H3;3H2,1-2H3;4H,1-3H3;3H,1,4H2,2H3;1-2H3;3H2,1-2H3;1-2H3;1-2H3;1H4. The topological polar surface area (TPSA) is 387 Å². The number of nitrogens with zero attached hydrogens (tertiary/aromatic N) is 2. The van der Waals surface area contributed by atoms with Gasteiger partial charge < -0.3 is 59.3 Å². The van der Waals surface area contributed by atoms with E-state index >= 15 is 0 Å². The van der Waals surface area contributed by atoms with E-state index in [0.29, 0.717) is 41.7 Å². The molecule has 26 nitrogen and oxygen atoms in total. The van der Waals surface area contributed by atoms with Crippen LogP contribution >= 0.6 is 0 Å². The number of likely N-dealkylation sites (N-methyl/N-ethyl adjacent to an activating group) is 1. The molecule has 1 unspecified atom stereocenters. The third-order valence-corrected chi connectivity index (χ3v) is 15.2. The molecule has 0 saturated carbocycles. The number of hydrogen-bond donors (Lipinski definition) is 6. The second-order valence-corrected chi connectivity index (χ2v) is 32.4. The van der Waals surface area contributed by atoms with Crippen LogP contribution in [0.2, 0.25) is 0 Å². The van der Waals surface area contributed by atoms with Gasteiger partial charge in [0.25, 0.3) is 11.8 Å². The number of sulfonamides is 1. The van der Waals surface area contributed by atoms with Gasteiger partial charge in [0.1, 0.15) is 56.9 Å². The summed E-state index contributed by atoms with van der Waals surface area (Å²) >= 11 is 0. The molecule has 0 radical (unpaired) electrons. The van der Waals surface area contributed by atoms with Crippen LogP contribution in [0.1, 0.15) is 238 Å². The molecule has 2 heterocycles. The molecule has 5 amide bonds. The fourth-order valence-corrected chi connectivity index (χ4v) is 8.62. The average molecular weight is 1810 g/mol. The van der Waals surface area contributed by atoms with Gasteiger partial charge in [0.05, 0.1) is 25.0 Å². The molecular weight excluding hydrogens is 1660 g/mol. The number of ketones is 7. The molecule has 0 saturated heterocycles. The minimum absolute atomic E-state index is 0. The molecule has 0 spiro atoms. The number of aliphatic hydroxyl groups excluding tert-OH is 1. The summed E-state index contributed by atoms with van der Waals surface area (Å²) in [7, 11) is 3.31. The summed E-state index contributed by atoms with van der Waals surface area (Å²) in [5, 5.41) is 25.9. The molecule has 127 heavy (non-hydrogen) atoms. The van der Waals surface area contributed by atoms with Crippen molar-refractivity contribution in [3.8, 4) is 5.75 Å². The molecule has 712 valence electrons. The Kier molecular flexibility index (Phi) is 90.0. The number of anilines is 1. The van der Waals surface area contributed by atoms with Crippen molar-refractivity contribution >= 4 is 95.8 Å². The zero-order valence-electron chi connectivity index (χ0n) is 80.3. The maximum absolute atomic E-state index is 11.4. The number of methoxy groups -OCH3 is 2. The number of phenolic OH excluding ortho intramolecular Hbond substituents is 1. The van der Waals surface area contributed by atoms with Crippen LogP contribution in [0.3, 0.4) is 0 Å². The number of hydrogen-bond acceptors (Lipinski definition) is 20. The normalized spacial score (nSPS) is 10.6. The van der Waals surface area contributed by atoms with Crippen LogP contribution in [0.15, 0.2) is 206 Å². The molecule has 9 rings (SSSR count). The number of para-hydroxylation sites is 1. The Balaban J connectivity index is -0.000000169. The van der Waals surface area contributed by atoms with Crippen LogP contribution in [-0.2, 0) is 98.3 Å². The highest BCUT2D eigenvalue weighted by Gasteiger charge is 2.32. The number of rotatable bonds is 18. The van der Waals surface area contributed by atoms with Crippen LogP contribution < -0.4 is 20.7 Å². The molecule has 0 fully saturated rings. The van der Waals surface area contributed by atoms with Crippen molar-refractivity contribution in [3.63, 3.8) is 0 Å². The second-order valence-electron chi connectivity index (χ2n) is 28.2. The van der Waals surface area contributed by atoms with Crippen molar-refractivity contribution in [2.45, 2.75) is 221 Å². The molecule has 7 aromatic rings. The summed E-state index contributed by atoms with van der Waals surface area (Å²) < 4.78 is 52.8. The number of benzene rings is 7. The summed E-state index contributed by atoms with van der Waals surface area (Å²) in [6.45, 7) is 41.0. The Hall–Kier alpha value is -11.3. The molecule has 0 aliphatic carbocycles. The summed E-state index contributed by atoms with van der Waals surface area (Å²) in [6.07, 6.45) is 10.1. The zero-order chi connectivity index (χ0) is 98.9. The van der Waals surface area contributed by atoms with E-state index in [0.717, 1.165) is 84.2 Å². The SMILES string of the molecule is C.C=CCC.CC.CC(=O)CCc1ccccc1.CC(=O)CNC(C)=O.CC(=O)Cc1ccccc1.CC(C)=O.CC(C)C.CCC.CCC(C)=O.CCCC(C)=O.CN1C(=O)c2ccccc2C1O.CN1Cc2ccccc2C1=O.CNC(=O)Cc1ccc(O)cc1.CNS(=O)(=O)c1ccc(C)cc1.COC(=O)Nc1ccccc1.COCC(C)=O.CS(C)(=O)=O. The first-order valence-electron chi connectivity index (χ1n) is 41.2. The van der Waals surface area contributed by atoms with Gasteiger partial charge in [-0.25, -0.2) is 26.4 Å². The monoisotopic (exact) mass is 1810 g/mol. The van der Waals surface area contributed by atoms with Crippen molar-refractivity contribution in [1.29, 1.82) is 0 Å². The second kappa shape index (κ2) is 85.5. The van der Waals surface area contributed by atoms with E-state index in [2.05, 4.69) is 78.3 Å². The number of carbonyl (C=O) groups excluding carboxylic acids is 12. The number of aryl methyl sites for hydroxylation is 2. The van der Waals surface area contributed by atoms with Gasteiger partial charge in [-0.05, 0) is 165 Å². The molecule has 0 aromatic heterocycles. The third kappa shape index (κ3) is 90.8. The lowest BCUT2D eigenvalue weighted by Gasteiger charge is -2.13. The number of carbonyl (C=O) groups is 12. The van der Waals surface area contributed by atoms with Gasteiger partial charge in [0.2, 0.25) is 21.8 Å². The van der Waals surface area contributed by atoms with Gasteiger partial charge in [0.15, 0.2) is 12.0 Å². The average Bonchev–Trinajstić information content (AvgIpc) is 1.65. The lowest BCUT2D eigenvalue weighted by Crippen LogP contribution is -2.25. The Bertz CT molecular complexity index is 4310. The highest BCUT2D eigenvalue weighted by atomic mass is 32.2. The quantitative estimate of drug-likeness (QED) is 0.0435. The maximum atomic E-state index is 11.4. The Morgan fingerprint density at radius 3 is 1.28 bits per heavy atom. The van der Waals surface area contributed by atoms with Crippen molar-refractivity contribution in [2.75, 3.05) is 73.4 Å². The number of sulfone groups is 1. The lowest BCUT2D eigenvalue weighted by molar-refractivity contribution is -0.123. The summed E-state index contributed by atoms with van der Waals surface area (Å²) in [4.78, 5) is 128. The Labute approximate surface area is 762 Å². The van der Waals surface area contributed by atoms with Crippen LogP contribution in [-0.4, -0.2) is 175 Å². The number of aromatic hydroxyl groups is 1. The smallest absolute Gasteiger partial charge is 0.411 e. The summed E-state index contributed by atoms with van der Waals surface area (Å²) in [5.41, 5.74) is 8.31. The van der Waals surface area contributed by atoms with Crippen molar-refractivity contribution in [2.24, 2.45) is 5.92 Å². The predicted octanol–water partition coefficient (Wildman–Crippen LogP) is 18.4. The van der Waals surface area contributed by atoms with Gasteiger partial charge in [-0.15, -0.1) is 6.58 Å². The van der Waals surface area contributed by atoms with Gasteiger partial charge in [-0.3, -0.25) is 38.9 Å². The molecular formula is C99H154N6O20S2. The van der Waals surface area contributed by atoms with Crippen molar-refractivity contribution in [1.82, 2.24) is 25.2 Å². The third-order valence-electron chi connectivity index (χ3n) is 13.8. The van der Waals surface area contributed by atoms with Crippen molar-refractivity contribution < 1.29 is 94.1 Å². The summed E-state index contributed by atoms with van der Waals surface area (Å²) in [6, 6.07) is 57.1. The molecule has 0 bridgehead atoms. The number of allylic oxidation sites excluding steroid dienone is 1. The molecule has 28 heteroatoms. The fraction of sp³-hybridized carbons (Fsp3) is 0.434. The predicted molar refractivity (Wildman–Crippen MR) is 518 cm³/mol. The number of phenols is 1. The first-order valence-corrected chi connectivity index (χ1v) is 45.0. The Morgan fingerprint density at radius 1 is 0.559 bits per heavy atom. The highest BCUT2D eigenvalue weighted by molar-refractivity contribution is 7.90. The minimum Gasteiger partial charge on any atom is -0.508 e. The molecule has 6 N–H and O–H groups in total. The number of nitrogens with one attached hydrogen (secondary N) is 4. The van der Waals surface area contributed by atoms with Crippen LogP contribution in [0.4, 0.5) is 10.5 Å². The molecule has 2 aliphatic rings. The van der Waals surface area contributed by atoms with Gasteiger partial charge in [0, 0.05) is 102 Å². The lowest BCUT2D eigenvalue weighted by atomic mass is 10.1. The molecule has 7 aromatic carbocycles. The molecule has 2 aliphatic heterocycles. The van der Waals surface area contributed by atoms with E-state index < -0.39 is 32.2 Å². The number of amides is 5. The fourth-order valence-electron chi connectivity index (χ4n) is 7.89. The number of fused-ring (bicyclic) bond motifs is 2. The minimum atomic E-state index is -3.26. The Morgan fingerprint density at radius 2 is 0.961 bits per heavy atom. The largest absolute Gasteiger partial charge is 0.508 e. The van der Waals surface area contributed by atoms with Gasteiger partial charge in [-0.2, -0.15) is 0 Å². The molecule has 1 atom stereocenters. The van der Waals surface area contributed by atoms with Gasteiger partial charge >= 0.3 is 6.09 Å². The van der Waals surface area contributed by atoms with Gasteiger partial charge in [-0.1, -0.05) is 234 Å². The summed E-state index contributed by atoms with van der Waals surface area (Å²) in [5.74, 6) is 2.11. The van der Waals surface area contributed by atoms with E-state index in [4.69, 9.17) is 5.11 Å². The van der Waals surface area contributed by atoms with E-state index in [1.807, 2.05) is 157 Å². The first-order chi connectivity index (χ1) is 58.9.